The van der Waals surface area contributed by atoms with Crippen LogP contribution in [-0.2, 0) is 25.7 Å². The standard InChI is InChI=1S/C19H23N3O4/c1-26-12-16(22-18(24)10-9-17(20)23)19(25)21-11-14-7-4-6-13-5-2-3-8-15(13)14/h2-8,16H,9-12H2,1H3,(H2,20,23)(H,21,25)(H,22,24)/t16-/m0/s1. The van der Waals surface area contributed by atoms with E-state index in [4.69, 9.17) is 10.5 Å². The first kappa shape index (κ1) is 19.4. The van der Waals surface area contributed by atoms with Crippen molar-refractivity contribution in [2.45, 2.75) is 25.4 Å². The fraction of sp³-hybridized carbons (Fsp3) is 0.316. The number of carbonyl (C=O) groups is 3. The maximum Gasteiger partial charge on any atom is 0.245 e. The van der Waals surface area contributed by atoms with Crippen LogP contribution in [0.1, 0.15) is 18.4 Å². The molecule has 0 fully saturated rings. The molecule has 0 bridgehead atoms. The highest BCUT2D eigenvalue weighted by Crippen LogP contribution is 2.18. The largest absolute Gasteiger partial charge is 0.382 e. The molecule has 3 amide bonds. The topological polar surface area (TPSA) is 111 Å². The average Bonchev–Trinajstić information content (AvgIpc) is 2.64. The number of primary amides is 1. The van der Waals surface area contributed by atoms with Gasteiger partial charge in [-0.3, -0.25) is 14.4 Å². The van der Waals surface area contributed by atoms with Crippen LogP contribution in [0.25, 0.3) is 10.8 Å². The van der Waals surface area contributed by atoms with Crippen LogP contribution in [-0.4, -0.2) is 37.5 Å². The average molecular weight is 357 g/mol. The van der Waals surface area contributed by atoms with Gasteiger partial charge in [0.25, 0.3) is 0 Å². The van der Waals surface area contributed by atoms with Crippen LogP contribution in [0.2, 0.25) is 0 Å². The highest BCUT2D eigenvalue weighted by molar-refractivity contribution is 5.90. The Morgan fingerprint density at radius 2 is 1.81 bits per heavy atom. The summed E-state index contributed by atoms with van der Waals surface area (Å²) in [5.74, 6) is -1.35. The normalized spacial score (nSPS) is 11.7. The number of ether oxygens (including phenoxy) is 1. The molecule has 0 aliphatic heterocycles. The van der Waals surface area contributed by atoms with Crippen molar-refractivity contribution >= 4 is 28.5 Å². The van der Waals surface area contributed by atoms with Crippen LogP contribution in [0.3, 0.4) is 0 Å². The van der Waals surface area contributed by atoms with E-state index in [1.54, 1.807) is 0 Å². The van der Waals surface area contributed by atoms with Crippen molar-refractivity contribution in [3.8, 4) is 0 Å². The third kappa shape index (κ3) is 5.56. The first-order valence-corrected chi connectivity index (χ1v) is 8.32. The number of methoxy groups -OCH3 is 1. The van der Waals surface area contributed by atoms with Gasteiger partial charge >= 0.3 is 0 Å². The van der Waals surface area contributed by atoms with Crippen molar-refractivity contribution in [2.24, 2.45) is 5.73 Å². The Balaban J connectivity index is 1.98. The van der Waals surface area contributed by atoms with Crippen molar-refractivity contribution in [3.63, 3.8) is 0 Å². The fourth-order valence-electron chi connectivity index (χ4n) is 2.60. The number of benzene rings is 2. The SMILES string of the molecule is COC[C@H](NC(=O)CCC(N)=O)C(=O)NCc1cccc2ccccc12. The zero-order valence-corrected chi connectivity index (χ0v) is 14.7. The molecule has 1 atom stereocenters. The van der Waals surface area contributed by atoms with Crippen molar-refractivity contribution in [2.75, 3.05) is 13.7 Å². The summed E-state index contributed by atoms with van der Waals surface area (Å²) >= 11 is 0. The molecule has 0 saturated heterocycles. The number of hydrogen-bond donors (Lipinski definition) is 3. The summed E-state index contributed by atoms with van der Waals surface area (Å²) in [7, 11) is 1.44. The van der Waals surface area contributed by atoms with Crippen molar-refractivity contribution in [1.29, 1.82) is 0 Å². The molecule has 2 rings (SSSR count). The Hall–Kier alpha value is -2.93. The van der Waals surface area contributed by atoms with Gasteiger partial charge in [-0.25, -0.2) is 0 Å². The lowest BCUT2D eigenvalue weighted by Crippen LogP contribution is -2.49. The molecule has 0 saturated carbocycles. The number of rotatable bonds is 9. The van der Waals surface area contributed by atoms with Gasteiger partial charge in [0.2, 0.25) is 17.7 Å². The molecule has 0 aromatic heterocycles. The van der Waals surface area contributed by atoms with E-state index in [1.807, 2.05) is 42.5 Å². The molecule has 4 N–H and O–H groups in total. The molecule has 0 heterocycles. The molecule has 138 valence electrons. The molecule has 0 spiro atoms. The quantitative estimate of drug-likeness (QED) is 0.618. The second-order valence-electron chi connectivity index (χ2n) is 5.90. The van der Waals surface area contributed by atoms with Gasteiger partial charge in [-0.1, -0.05) is 42.5 Å². The summed E-state index contributed by atoms with van der Waals surface area (Å²) in [6.07, 6.45) is -0.130. The highest BCUT2D eigenvalue weighted by Gasteiger charge is 2.20. The van der Waals surface area contributed by atoms with E-state index >= 15 is 0 Å². The fourth-order valence-corrected chi connectivity index (χ4v) is 2.60. The maximum atomic E-state index is 12.4. The Labute approximate surface area is 151 Å². The van der Waals surface area contributed by atoms with E-state index in [1.165, 1.54) is 7.11 Å². The van der Waals surface area contributed by atoms with Gasteiger partial charge in [0.05, 0.1) is 6.61 Å². The molecule has 0 radical (unpaired) electrons. The van der Waals surface area contributed by atoms with E-state index in [0.717, 1.165) is 16.3 Å². The lowest BCUT2D eigenvalue weighted by atomic mass is 10.0. The predicted octanol–water partition coefficient (Wildman–Crippen LogP) is 0.853. The molecule has 0 aliphatic rings. The van der Waals surface area contributed by atoms with Crippen LogP contribution in [0.15, 0.2) is 42.5 Å². The molecular weight excluding hydrogens is 334 g/mol. The number of amides is 3. The van der Waals surface area contributed by atoms with E-state index < -0.39 is 17.9 Å². The number of hydrogen-bond acceptors (Lipinski definition) is 4. The summed E-state index contributed by atoms with van der Waals surface area (Å²) in [5, 5.41) is 7.53. The van der Waals surface area contributed by atoms with Gasteiger partial charge < -0.3 is 21.1 Å². The Morgan fingerprint density at radius 1 is 1.08 bits per heavy atom. The van der Waals surface area contributed by atoms with Gasteiger partial charge in [-0.15, -0.1) is 0 Å². The number of nitrogens with two attached hydrogens (primary N) is 1. The van der Waals surface area contributed by atoms with Gasteiger partial charge in [0.1, 0.15) is 6.04 Å². The minimum atomic E-state index is -0.838. The first-order valence-electron chi connectivity index (χ1n) is 8.32. The minimum absolute atomic E-state index is 0.0314. The molecule has 2 aromatic carbocycles. The van der Waals surface area contributed by atoms with Crippen LogP contribution in [0.4, 0.5) is 0 Å². The number of nitrogens with one attached hydrogen (secondary N) is 2. The van der Waals surface area contributed by atoms with E-state index in [9.17, 15) is 14.4 Å². The van der Waals surface area contributed by atoms with Gasteiger partial charge in [-0.05, 0) is 16.3 Å². The van der Waals surface area contributed by atoms with Crippen LogP contribution >= 0.6 is 0 Å². The number of fused-ring (bicyclic) bond motifs is 1. The third-order valence-electron chi connectivity index (χ3n) is 3.92. The Morgan fingerprint density at radius 3 is 2.54 bits per heavy atom. The zero-order valence-electron chi connectivity index (χ0n) is 14.7. The summed E-state index contributed by atoms with van der Waals surface area (Å²) in [6, 6.07) is 13.0. The Kier molecular flexibility index (Phi) is 7.11. The van der Waals surface area contributed by atoms with Crippen molar-refractivity contribution in [3.05, 3.63) is 48.0 Å². The monoisotopic (exact) mass is 357 g/mol. The van der Waals surface area contributed by atoms with Gasteiger partial charge in [-0.2, -0.15) is 0 Å². The summed E-state index contributed by atoms with van der Waals surface area (Å²) in [5.41, 5.74) is 6.00. The molecular formula is C19H23N3O4. The summed E-state index contributed by atoms with van der Waals surface area (Å²) in [4.78, 5) is 35.0. The van der Waals surface area contributed by atoms with E-state index in [0.29, 0.717) is 6.54 Å². The lowest BCUT2D eigenvalue weighted by Gasteiger charge is -2.18. The summed E-state index contributed by atoms with van der Waals surface area (Å²) in [6.45, 7) is 0.362. The molecule has 7 nitrogen and oxygen atoms in total. The molecule has 7 heteroatoms. The van der Waals surface area contributed by atoms with E-state index in [2.05, 4.69) is 10.6 Å². The smallest absolute Gasteiger partial charge is 0.245 e. The molecule has 26 heavy (non-hydrogen) atoms. The molecule has 0 aliphatic carbocycles. The molecule has 0 unspecified atom stereocenters. The second-order valence-corrected chi connectivity index (χ2v) is 5.90. The molecule has 2 aromatic rings. The second kappa shape index (κ2) is 9.53. The third-order valence-corrected chi connectivity index (χ3v) is 3.92. The van der Waals surface area contributed by atoms with Crippen molar-refractivity contribution in [1.82, 2.24) is 10.6 Å². The van der Waals surface area contributed by atoms with Crippen molar-refractivity contribution < 1.29 is 19.1 Å². The Bertz CT molecular complexity index is 786. The lowest BCUT2D eigenvalue weighted by molar-refractivity contribution is -0.131. The minimum Gasteiger partial charge on any atom is -0.382 e. The number of carbonyl (C=O) groups excluding carboxylic acids is 3. The highest BCUT2D eigenvalue weighted by atomic mass is 16.5. The van der Waals surface area contributed by atoms with E-state index in [-0.39, 0.29) is 25.4 Å². The van der Waals surface area contributed by atoms with Crippen LogP contribution in [0, 0.1) is 0 Å². The zero-order chi connectivity index (χ0) is 18.9. The van der Waals surface area contributed by atoms with Gasteiger partial charge in [0, 0.05) is 26.5 Å². The first-order chi connectivity index (χ1) is 12.5. The maximum absolute atomic E-state index is 12.4. The van der Waals surface area contributed by atoms with Crippen LogP contribution in [0.5, 0.6) is 0 Å². The van der Waals surface area contributed by atoms with Crippen LogP contribution < -0.4 is 16.4 Å². The van der Waals surface area contributed by atoms with Gasteiger partial charge in [0.15, 0.2) is 0 Å². The predicted molar refractivity (Wildman–Crippen MR) is 98.0 cm³/mol. The summed E-state index contributed by atoms with van der Waals surface area (Å²) < 4.78 is 5.01.